The molecule has 3 heterocycles. The number of benzene rings is 1. The highest BCUT2D eigenvalue weighted by atomic mass is 35.5. The van der Waals surface area contributed by atoms with Gasteiger partial charge in [0.05, 0.1) is 37.5 Å². The van der Waals surface area contributed by atoms with Crippen molar-refractivity contribution in [3.05, 3.63) is 41.6 Å². The number of ether oxygens (including phenoxy) is 2. The van der Waals surface area contributed by atoms with Crippen LogP contribution in [0.25, 0.3) is 11.6 Å². The maximum absolute atomic E-state index is 12.5. The first-order valence-electron chi connectivity index (χ1n) is 9.49. The number of anilines is 1. The monoisotopic (exact) mass is 448 g/mol. The predicted molar refractivity (Wildman–Crippen MR) is 114 cm³/mol. The number of hydrogen-bond acceptors (Lipinski definition) is 7. The molecule has 3 aromatic rings. The molecule has 1 N–H and O–H groups in total. The van der Waals surface area contributed by atoms with Gasteiger partial charge in [-0.25, -0.2) is 0 Å². The van der Waals surface area contributed by atoms with E-state index in [1.54, 1.807) is 30.5 Å². The number of nitrogens with one attached hydrogen (secondary N) is 1. The number of amides is 1. The molecule has 1 aliphatic rings. The molecule has 0 spiro atoms. The fraction of sp³-hybridized carbons (Fsp3) is 0.350. The van der Waals surface area contributed by atoms with Gasteiger partial charge < -0.3 is 19.2 Å². The zero-order valence-corrected chi connectivity index (χ0v) is 17.9. The summed E-state index contributed by atoms with van der Waals surface area (Å²) in [5.74, 6) is 1.74. The van der Waals surface area contributed by atoms with E-state index >= 15 is 0 Å². The van der Waals surface area contributed by atoms with Crippen LogP contribution in [0.4, 0.5) is 5.69 Å². The van der Waals surface area contributed by atoms with Gasteiger partial charge in [0.15, 0.2) is 10.9 Å². The summed E-state index contributed by atoms with van der Waals surface area (Å²) in [6, 6.07) is 8.70. The zero-order valence-electron chi connectivity index (χ0n) is 16.3. The average molecular weight is 449 g/mol. The SMILES string of the molecule is COc1ccc(Cl)cc1NC(=O)CSc1nnc(-c2ccco2)n1CC1CCCO1. The largest absolute Gasteiger partial charge is 0.495 e. The van der Waals surface area contributed by atoms with Crippen molar-refractivity contribution in [1.82, 2.24) is 14.8 Å². The third kappa shape index (κ3) is 4.80. The van der Waals surface area contributed by atoms with Crippen LogP contribution >= 0.6 is 23.4 Å². The Hall–Kier alpha value is -2.49. The number of aromatic nitrogens is 3. The van der Waals surface area contributed by atoms with Gasteiger partial charge in [0.2, 0.25) is 11.7 Å². The number of methoxy groups -OCH3 is 1. The van der Waals surface area contributed by atoms with Crippen LogP contribution in [0.3, 0.4) is 0 Å². The highest BCUT2D eigenvalue weighted by molar-refractivity contribution is 7.99. The maximum Gasteiger partial charge on any atom is 0.234 e. The Morgan fingerprint density at radius 1 is 1.40 bits per heavy atom. The molecule has 0 bridgehead atoms. The molecule has 4 rings (SSSR count). The zero-order chi connectivity index (χ0) is 20.9. The van der Waals surface area contributed by atoms with Crippen molar-refractivity contribution in [1.29, 1.82) is 0 Å². The van der Waals surface area contributed by atoms with Gasteiger partial charge in [-0.1, -0.05) is 23.4 Å². The van der Waals surface area contributed by atoms with Crippen LogP contribution in [0.15, 0.2) is 46.2 Å². The van der Waals surface area contributed by atoms with Crippen LogP contribution in [0.5, 0.6) is 5.75 Å². The summed E-state index contributed by atoms with van der Waals surface area (Å²) in [6.45, 7) is 1.37. The standard InChI is InChI=1S/C20H21ClN4O4S/c1-27-16-7-6-13(21)10-15(16)22-18(26)12-30-20-24-23-19(17-5-3-9-29-17)25(20)11-14-4-2-8-28-14/h3,5-7,9-10,14H,2,4,8,11-12H2,1H3,(H,22,26). The van der Waals surface area contributed by atoms with E-state index in [4.69, 9.17) is 25.5 Å². The van der Waals surface area contributed by atoms with Gasteiger partial charge in [-0.3, -0.25) is 9.36 Å². The van der Waals surface area contributed by atoms with Crippen LogP contribution in [0.2, 0.25) is 5.02 Å². The lowest BCUT2D eigenvalue weighted by atomic mass is 10.2. The molecule has 1 fully saturated rings. The number of furan rings is 1. The lowest BCUT2D eigenvalue weighted by Gasteiger charge is -2.14. The highest BCUT2D eigenvalue weighted by Gasteiger charge is 2.23. The van der Waals surface area contributed by atoms with E-state index in [0.29, 0.717) is 39.7 Å². The van der Waals surface area contributed by atoms with Gasteiger partial charge in [0, 0.05) is 11.6 Å². The molecular weight excluding hydrogens is 428 g/mol. The molecule has 1 atom stereocenters. The topological polar surface area (TPSA) is 91.4 Å². The number of rotatable bonds is 8. The Morgan fingerprint density at radius 3 is 3.03 bits per heavy atom. The van der Waals surface area contributed by atoms with Gasteiger partial charge >= 0.3 is 0 Å². The normalized spacial score (nSPS) is 16.0. The fourth-order valence-corrected chi connectivity index (χ4v) is 4.15. The number of carbonyl (C=O) groups excluding carboxylic acids is 1. The predicted octanol–water partition coefficient (Wildman–Crippen LogP) is 4.11. The molecule has 2 aromatic heterocycles. The molecule has 0 radical (unpaired) electrons. The van der Waals surface area contributed by atoms with Crippen molar-refractivity contribution in [2.75, 3.05) is 24.8 Å². The molecule has 10 heteroatoms. The summed E-state index contributed by atoms with van der Waals surface area (Å²) in [6.07, 6.45) is 3.71. The molecule has 1 aliphatic heterocycles. The molecule has 1 saturated heterocycles. The van der Waals surface area contributed by atoms with E-state index in [1.807, 2.05) is 10.6 Å². The number of thioether (sulfide) groups is 1. The molecule has 1 aromatic carbocycles. The van der Waals surface area contributed by atoms with E-state index in [1.165, 1.54) is 18.9 Å². The molecule has 1 amide bonds. The molecule has 8 nitrogen and oxygen atoms in total. The average Bonchev–Trinajstić information content (AvgIpc) is 3.49. The molecule has 158 valence electrons. The molecule has 30 heavy (non-hydrogen) atoms. The highest BCUT2D eigenvalue weighted by Crippen LogP contribution is 2.29. The van der Waals surface area contributed by atoms with Crippen molar-refractivity contribution in [2.45, 2.75) is 30.6 Å². The molecule has 0 saturated carbocycles. The van der Waals surface area contributed by atoms with E-state index in [-0.39, 0.29) is 17.8 Å². The van der Waals surface area contributed by atoms with Crippen LogP contribution < -0.4 is 10.1 Å². The van der Waals surface area contributed by atoms with Crippen molar-refractivity contribution in [3.8, 4) is 17.3 Å². The number of halogens is 1. The molecule has 0 aliphatic carbocycles. The van der Waals surface area contributed by atoms with Crippen LogP contribution in [0.1, 0.15) is 12.8 Å². The summed E-state index contributed by atoms with van der Waals surface area (Å²) in [4.78, 5) is 12.5. The van der Waals surface area contributed by atoms with Crippen molar-refractivity contribution in [2.24, 2.45) is 0 Å². The summed E-state index contributed by atoms with van der Waals surface area (Å²) >= 11 is 7.33. The van der Waals surface area contributed by atoms with Gasteiger partial charge in [-0.05, 0) is 43.2 Å². The Labute approximate surface area is 182 Å². The van der Waals surface area contributed by atoms with Crippen molar-refractivity contribution < 1.29 is 18.7 Å². The minimum absolute atomic E-state index is 0.0959. The number of hydrogen-bond donors (Lipinski definition) is 1. The first kappa shape index (κ1) is 20.8. The smallest absolute Gasteiger partial charge is 0.234 e. The number of nitrogens with zero attached hydrogens (tertiary/aromatic N) is 3. The van der Waals surface area contributed by atoms with Gasteiger partial charge in [-0.2, -0.15) is 0 Å². The second kappa shape index (κ2) is 9.55. The van der Waals surface area contributed by atoms with Crippen LogP contribution in [0, 0.1) is 0 Å². The number of carbonyl (C=O) groups is 1. The van der Waals surface area contributed by atoms with Gasteiger partial charge in [0.25, 0.3) is 0 Å². The third-order valence-corrected chi connectivity index (χ3v) is 5.84. The summed E-state index contributed by atoms with van der Waals surface area (Å²) in [5, 5.41) is 12.5. The first-order valence-corrected chi connectivity index (χ1v) is 10.9. The van der Waals surface area contributed by atoms with Crippen LogP contribution in [-0.2, 0) is 16.1 Å². The van der Waals surface area contributed by atoms with Gasteiger partial charge in [-0.15, -0.1) is 10.2 Å². The molecule has 1 unspecified atom stereocenters. The second-order valence-corrected chi connectivity index (χ2v) is 8.09. The van der Waals surface area contributed by atoms with E-state index < -0.39 is 0 Å². The Morgan fingerprint density at radius 2 is 2.30 bits per heavy atom. The van der Waals surface area contributed by atoms with E-state index in [9.17, 15) is 4.79 Å². The minimum Gasteiger partial charge on any atom is -0.495 e. The Kier molecular flexibility index (Phi) is 6.61. The van der Waals surface area contributed by atoms with Crippen LogP contribution in [-0.4, -0.2) is 46.2 Å². The lowest BCUT2D eigenvalue weighted by molar-refractivity contribution is -0.113. The maximum atomic E-state index is 12.5. The molecular formula is C20H21ClN4O4S. The quantitative estimate of drug-likeness (QED) is 0.518. The van der Waals surface area contributed by atoms with Gasteiger partial charge in [0.1, 0.15) is 5.75 Å². The van der Waals surface area contributed by atoms with Crippen molar-refractivity contribution >= 4 is 35.0 Å². The third-order valence-electron chi connectivity index (χ3n) is 4.64. The lowest BCUT2D eigenvalue weighted by Crippen LogP contribution is -2.18. The summed E-state index contributed by atoms with van der Waals surface area (Å²) < 4.78 is 18.5. The van der Waals surface area contributed by atoms with Crippen molar-refractivity contribution in [3.63, 3.8) is 0 Å². The first-order chi connectivity index (χ1) is 14.6. The summed E-state index contributed by atoms with van der Waals surface area (Å²) in [7, 11) is 1.54. The summed E-state index contributed by atoms with van der Waals surface area (Å²) in [5.41, 5.74) is 0.521. The fourth-order valence-electron chi connectivity index (χ4n) is 3.23. The second-order valence-electron chi connectivity index (χ2n) is 6.71. The van der Waals surface area contributed by atoms with E-state index in [0.717, 1.165) is 19.4 Å². The van der Waals surface area contributed by atoms with E-state index in [2.05, 4.69) is 15.5 Å². The minimum atomic E-state index is -0.202. The Balaban J connectivity index is 1.47. The Bertz CT molecular complexity index is 1000.